The highest BCUT2D eigenvalue weighted by molar-refractivity contribution is 7.99. The zero-order valence-corrected chi connectivity index (χ0v) is 10.2. The smallest absolute Gasteiger partial charge is 0.396 e. The molecule has 0 aliphatic heterocycles. The van der Waals surface area contributed by atoms with E-state index in [0.717, 1.165) is 17.7 Å². The Bertz CT molecular complexity index is 376. The first-order chi connectivity index (χ1) is 7.63. The molecule has 1 rings (SSSR count). The molecule has 0 atom stereocenters. The van der Waals surface area contributed by atoms with Gasteiger partial charge in [-0.05, 0) is 20.3 Å². The molecule has 0 saturated heterocycles. The van der Waals surface area contributed by atoms with Gasteiger partial charge in [0.05, 0.1) is 6.61 Å². The van der Waals surface area contributed by atoms with Gasteiger partial charge in [0.2, 0.25) is 0 Å². The molecule has 0 unspecified atom stereocenters. The molecule has 0 spiro atoms. The average Bonchev–Trinajstić information content (AvgIpc) is 2.66. The lowest BCUT2D eigenvalue weighted by Crippen LogP contribution is -2.04. The van der Waals surface area contributed by atoms with Gasteiger partial charge in [0.1, 0.15) is 0 Å². The van der Waals surface area contributed by atoms with Crippen molar-refractivity contribution in [1.29, 1.82) is 0 Å². The lowest BCUT2D eigenvalue weighted by atomic mass is 10.3. The maximum Gasteiger partial charge on any atom is 0.396 e. The number of aromatic nitrogens is 2. The molecule has 1 aromatic heterocycles. The van der Waals surface area contributed by atoms with Crippen molar-refractivity contribution in [3.8, 4) is 0 Å². The van der Waals surface area contributed by atoms with Crippen LogP contribution in [0.5, 0.6) is 0 Å². The summed E-state index contributed by atoms with van der Waals surface area (Å²) in [4.78, 5) is 11.2. The SMILES string of the molecule is C=C(C)CCSc1nnc(C(=O)OCC)o1. The van der Waals surface area contributed by atoms with E-state index < -0.39 is 5.97 Å². The number of allylic oxidation sites excluding steroid dienone is 1. The number of hydrogen-bond acceptors (Lipinski definition) is 6. The molecule has 0 aromatic carbocycles. The number of carbonyl (C=O) groups excluding carboxylic acids is 1. The molecule has 1 heterocycles. The Hall–Kier alpha value is -1.30. The van der Waals surface area contributed by atoms with Crippen LogP contribution in [0.4, 0.5) is 0 Å². The molecule has 0 N–H and O–H groups in total. The summed E-state index contributed by atoms with van der Waals surface area (Å²) >= 11 is 1.40. The third kappa shape index (κ3) is 4.06. The van der Waals surface area contributed by atoms with Crippen molar-refractivity contribution < 1.29 is 13.9 Å². The van der Waals surface area contributed by atoms with Gasteiger partial charge in [-0.25, -0.2) is 4.79 Å². The Kier molecular flexibility index (Phi) is 5.04. The van der Waals surface area contributed by atoms with Crippen molar-refractivity contribution in [1.82, 2.24) is 10.2 Å². The molecule has 0 amide bonds. The van der Waals surface area contributed by atoms with Crippen molar-refractivity contribution in [3.05, 3.63) is 18.0 Å². The first kappa shape index (κ1) is 12.8. The molecule has 0 aliphatic carbocycles. The van der Waals surface area contributed by atoms with Gasteiger partial charge in [-0.15, -0.1) is 11.7 Å². The number of nitrogens with zero attached hydrogens (tertiary/aromatic N) is 2. The van der Waals surface area contributed by atoms with Crippen LogP contribution < -0.4 is 0 Å². The minimum Gasteiger partial charge on any atom is -0.459 e. The van der Waals surface area contributed by atoms with Crippen LogP contribution in [-0.2, 0) is 4.74 Å². The number of rotatable bonds is 6. The van der Waals surface area contributed by atoms with Gasteiger partial charge in [-0.3, -0.25) is 0 Å². The van der Waals surface area contributed by atoms with Gasteiger partial charge in [0.25, 0.3) is 5.22 Å². The minimum atomic E-state index is -0.582. The molecule has 6 heteroatoms. The van der Waals surface area contributed by atoms with Crippen LogP contribution in [0, 0.1) is 0 Å². The van der Waals surface area contributed by atoms with E-state index in [1.165, 1.54) is 11.8 Å². The van der Waals surface area contributed by atoms with E-state index in [4.69, 9.17) is 9.15 Å². The van der Waals surface area contributed by atoms with E-state index in [-0.39, 0.29) is 5.89 Å². The van der Waals surface area contributed by atoms with E-state index in [0.29, 0.717) is 11.8 Å². The number of carbonyl (C=O) groups is 1. The fourth-order valence-electron chi connectivity index (χ4n) is 0.856. The Balaban J connectivity index is 2.45. The van der Waals surface area contributed by atoms with E-state index in [2.05, 4.69) is 16.8 Å². The lowest BCUT2D eigenvalue weighted by molar-refractivity contribution is 0.0475. The molecule has 88 valence electrons. The Morgan fingerprint density at radius 3 is 2.94 bits per heavy atom. The third-order valence-electron chi connectivity index (χ3n) is 1.61. The molecule has 5 nitrogen and oxygen atoms in total. The summed E-state index contributed by atoms with van der Waals surface area (Å²) in [5.74, 6) is 0.126. The van der Waals surface area contributed by atoms with Crippen molar-refractivity contribution in [2.24, 2.45) is 0 Å². The third-order valence-corrected chi connectivity index (χ3v) is 2.43. The van der Waals surface area contributed by atoms with Crippen LogP contribution in [0.3, 0.4) is 0 Å². The van der Waals surface area contributed by atoms with Crippen molar-refractivity contribution in [2.45, 2.75) is 25.5 Å². The summed E-state index contributed by atoms with van der Waals surface area (Å²) < 4.78 is 9.84. The molecular weight excluding hydrogens is 228 g/mol. The van der Waals surface area contributed by atoms with E-state index >= 15 is 0 Å². The number of hydrogen-bond donors (Lipinski definition) is 0. The van der Waals surface area contributed by atoms with Crippen molar-refractivity contribution in [3.63, 3.8) is 0 Å². The zero-order chi connectivity index (χ0) is 12.0. The average molecular weight is 242 g/mol. The van der Waals surface area contributed by atoms with Crippen LogP contribution in [0.1, 0.15) is 31.0 Å². The van der Waals surface area contributed by atoms with Crippen LogP contribution in [0.2, 0.25) is 0 Å². The monoisotopic (exact) mass is 242 g/mol. The normalized spacial score (nSPS) is 10.1. The molecule has 16 heavy (non-hydrogen) atoms. The fraction of sp³-hybridized carbons (Fsp3) is 0.500. The predicted octanol–water partition coefficient (Wildman–Crippen LogP) is 2.30. The Morgan fingerprint density at radius 2 is 2.31 bits per heavy atom. The van der Waals surface area contributed by atoms with Crippen LogP contribution in [0.25, 0.3) is 0 Å². The molecule has 0 bridgehead atoms. The lowest BCUT2D eigenvalue weighted by Gasteiger charge is -1.96. The van der Waals surface area contributed by atoms with Crippen LogP contribution in [0.15, 0.2) is 21.8 Å². The van der Waals surface area contributed by atoms with E-state index in [9.17, 15) is 4.79 Å². The summed E-state index contributed by atoms with van der Waals surface area (Å²) in [5.41, 5.74) is 1.10. The highest BCUT2D eigenvalue weighted by Crippen LogP contribution is 2.18. The highest BCUT2D eigenvalue weighted by Gasteiger charge is 2.15. The quantitative estimate of drug-likeness (QED) is 0.433. The molecular formula is C10H14N2O3S. The fourth-order valence-corrected chi connectivity index (χ4v) is 1.72. The van der Waals surface area contributed by atoms with Crippen molar-refractivity contribution >= 4 is 17.7 Å². The van der Waals surface area contributed by atoms with Gasteiger partial charge in [-0.1, -0.05) is 22.4 Å². The first-order valence-electron chi connectivity index (χ1n) is 4.91. The second-order valence-electron chi connectivity index (χ2n) is 3.15. The summed E-state index contributed by atoms with van der Waals surface area (Å²) in [7, 11) is 0. The predicted molar refractivity (Wildman–Crippen MR) is 60.4 cm³/mol. The second-order valence-corrected chi connectivity index (χ2v) is 4.20. The molecule has 0 fully saturated rings. The van der Waals surface area contributed by atoms with Crippen LogP contribution in [-0.4, -0.2) is 28.5 Å². The summed E-state index contributed by atoms with van der Waals surface area (Å²) in [6.45, 7) is 7.76. The Morgan fingerprint density at radius 1 is 1.56 bits per heavy atom. The number of thioether (sulfide) groups is 1. The standard InChI is InChI=1S/C10H14N2O3S/c1-4-14-9(13)8-11-12-10(15-8)16-6-5-7(2)3/h2,4-6H2,1,3H3. The zero-order valence-electron chi connectivity index (χ0n) is 9.36. The molecule has 0 radical (unpaired) electrons. The Labute approximate surface area is 98.3 Å². The molecule has 0 aliphatic rings. The number of ether oxygens (including phenoxy) is 1. The minimum absolute atomic E-state index is 0.0975. The second kappa shape index (κ2) is 6.32. The van der Waals surface area contributed by atoms with E-state index in [1.807, 2.05) is 6.92 Å². The summed E-state index contributed by atoms with van der Waals surface area (Å²) in [6.07, 6.45) is 0.877. The summed E-state index contributed by atoms with van der Waals surface area (Å²) in [6, 6.07) is 0. The molecule has 0 saturated carbocycles. The van der Waals surface area contributed by atoms with Gasteiger partial charge < -0.3 is 9.15 Å². The maximum absolute atomic E-state index is 11.2. The van der Waals surface area contributed by atoms with Crippen LogP contribution >= 0.6 is 11.8 Å². The maximum atomic E-state index is 11.2. The van der Waals surface area contributed by atoms with Gasteiger partial charge >= 0.3 is 11.9 Å². The highest BCUT2D eigenvalue weighted by atomic mass is 32.2. The van der Waals surface area contributed by atoms with Gasteiger partial charge in [0.15, 0.2) is 0 Å². The van der Waals surface area contributed by atoms with Gasteiger partial charge in [-0.2, -0.15) is 0 Å². The first-order valence-corrected chi connectivity index (χ1v) is 5.89. The van der Waals surface area contributed by atoms with E-state index in [1.54, 1.807) is 6.92 Å². The molecule has 1 aromatic rings. The largest absolute Gasteiger partial charge is 0.459 e. The summed E-state index contributed by atoms with van der Waals surface area (Å²) in [5, 5.41) is 7.71. The van der Waals surface area contributed by atoms with Crippen molar-refractivity contribution in [2.75, 3.05) is 12.4 Å². The topological polar surface area (TPSA) is 65.2 Å². The van der Waals surface area contributed by atoms with Gasteiger partial charge in [0, 0.05) is 5.75 Å². The number of esters is 1.